The van der Waals surface area contributed by atoms with Crippen molar-refractivity contribution in [3.8, 4) is 0 Å². The van der Waals surface area contributed by atoms with E-state index in [9.17, 15) is 4.79 Å². The molecule has 2 aromatic rings. The Hall–Kier alpha value is -1.85. The zero-order chi connectivity index (χ0) is 16.5. The first-order valence-corrected chi connectivity index (χ1v) is 8.99. The van der Waals surface area contributed by atoms with E-state index >= 15 is 0 Å². The summed E-state index contributed by atoms with van der Waals surface area (Å²) in [7, 11) is 0. The van der Waals surface area contributed by atoms with Crippen LogP contribution in [0.3, 0.4) is 0 Å². The van der Waals surface area contributed by atoms with E-state index in [1.54, 1.807) is 19.1 Å². The van der Waals surface area contributed by atoms with E-state index in [2.05, 4.69) is 34.9 Å². The van der Waals surface area contributed by atoms with E-state index in [1.165, 1.54) is 5.56 Å². The highest BCUT2D eigenvalue weighted by molar-refractivity contribution is 7.98. The Labute approximate surface area is 146 Å². The first kappa shape index (κ1) is 17.5. The van der Waals surface area contributed by atoms with Crippen molar-refractivity contribution in [3.63, 3.8) is 0 Å². The van der Waals surface area contributed by atoms with Crippen LogP contribution in [-0.2, 0) is 5.75 Å². The first-order valence-electron chi connectivity index (χ1n) is 7.42. The SMILES string of the molecule is CC(=O)c1ccc(NC(=S)NCCSCc2ccccc2)cc1. The Bertz CT molecular complexity index is 642. The molecule has 0 fully saturated rings. The molecule has 0 bridgehead atoms. The second-order valence-electron chi connectivity index (χ2n) is 5.05. The number of hydrogen-bond acceptors (Lipinski definition) is 3. The van der Waals surface area contributed by atoms with Gasteiger partial charge in [-0.15, -0.1) is 0 Å². The minimum Gasteiger partial charge on any atom is -0.362 e. The van der Waals surface area contributed by atoms with Crippen LogP contribution in [0.15, 0.2) is 54.6 Å². The molecule has 0 aromatic heterocycles. The number of ketones is 1. The number of hydrogen-bond donors (Lipinski definition) is 2. The van der Waals surface area contributed by atoms with Crippen LogP contribution >= 0.6 is 24.0 Å². The van der Waals surface area contributed by atoms with Gasteiger partial charge in [-0.25, -0.2) is 0 Å². The van der Waals surface area contributed by atoms with Gasteiger partial charge in [-0.2, -0.15) is 11.8 Å². The van der Waals surface area contributed by atoms with E-state index in [0.717, 1.165) is 23.7 Å². The van der Waals surface area contributed by atoms with Crippen molar-refractivity contribution >= 4 is 40.6 Å². The van der Waals surface area contributed by atoms with Crippen molar-refractivity contribution in [1.29, 1.82) is 0 Å². The second kappa shape index (κ2) is 9.33. The third kappa shape index (κ3) is 6.42. The number of thioether (sulfide) groups is 1. The fourth-order valence-electron chi connectivity index (χ4n) is 1.96. The number of carbonyl (C=O) groups is 1. The molecule has 120 valence electrons. The van der Waals surface area contributed by atoms with Crippen molar-refractivity contribution in [1.82, 2.24) is 5.32 Å². The molecule has 0 unspecified atom stereocenters. The summed E-state index contributed by atoms with van der Waals surface area (Å²) in [4.78, 5) is 11.2. The fraction of sp³-hybridized carbons (Fsp3) is 0.222. The number of thiocarbonyl (C=S) groups is 1. The van der Waals surface area contributed by atoms with Gasteiger partial charge < -0.3 is 10.6 Å². The number of benzene rings is 2. The third-order valence-corrected chi connectivity index (χ3v) is 4.47. The molecule has 5 heteroatoms. The lowest BCUT2D eigenvalue weighted by atomic mass is 10.1. The van der Waals surface area contributed by atoms with Crippen LogP contribution in [0.5, 0.6) is 0 Å². The maximum absolute atomic E-state index is 11.2. The fourth-order valence-corrected chi connectivity index (χ4v) is 3.00. The van der Waals surface area contributed by atoms with Gasteiger partial charge in [0.05, 0.1) is 0 Å². The smallest absolute Gasteiger partial charge is 0.170 e. The van der Waals surface area contributed by atoms with Gasteiger partial charge in [-0.05, 0) is 49.0 Å². The van der Waals surface area contributed by atoms with Crippen molar-refractivity contribution in [3.05, 3.63) is 65.7 Å². The van der Waals surface area contributed by atoms with Crippen LogP contribution in [0.1, 0.15) is 22.8 Å². The highest BCUT2D eigenvalue weighted by Gasteiger charge is 2.01. The average Bonchev–Trinajstić information content (AvgIpc) is 2.56. The van der Waals surface area contributed by atoms with Gasteiger partial charge in [0.2, 0.25) is 0 Å². The standard InChI is InChI=1S/C18H20N2OS2/c1-14(21)16-7-9-17(10-8-16)20-18(22)19-11-12-23-13-15-5-3-2-4-6-15/h2-10H,11-13H2,1H3,(H2,19,20,22). The van der Waals surface area contributed by atoms with E-state index in [-0.39, 0.29) is 5.78 Å². The van der Waals surface area contributed by atoms with Gasteiger partial charge in [0.15, 0.2) is 10.9 Å². The first-order chi connectivity index (χ1) is 11.1. The lowest BCUT2D eigenvalue weighted by molar-refractivity contribution is 0.101. The summed E-state index contributed by atoms with van der Waals surface area (Å²) in [6, 6.07) is 17.7. The number of anilines is 1. The Morgan fingerprint density at radius 2 is 1.78 bits per heavy atom. The van der Waals surface area contributed by atoms with Crippen molar-refractivity contribution in [2.45, 2.75) is 12.7 Å². The average molecular weight is 345 g/mol. The van der Waals surface area contributed by atoms with E-state index in [4.69, 9.17) is 12.2 Å². The summed E-state index contributed by atoms with van der Waals surface area (Å²) in [6.45, 7) is 2.37. The van der Waals surface area contributed by atoms with Gasteiger partial charge in [0.1, 0.15) is 0 Å². The highest BCUT2D eigenvalue weighted by Crippen LogP contribution is 2.11. The van der Waals surface area contributed by atoms with Crippen LogP contribution < -0.4 is 10.6 Å². The lowest BCUT2D eigenvalue weighted by Crippen LogP contribution is -2.30. The van der Waals surface area contributed by atoms with E-state index in [1.807, 2.05) is 30.0 Å². The third-order valence-electron chi connectivity index (χ3n) is 3.19. The van der Waals surface area contributed by atoms with Crippen LogP contribution in [0.25, 0.3) is 0 Å². The molecular formula is C18H20N2OS2. The summed E-state index contributed by atoms with van der Waals surface area (Å²) in [5, 5.41) is 6.90. The van der Waals surface area contributed by atoms with E-state index < -0.39 is 0 Å². The summed E-state index contributed by atoms with van der Waals surface area (Å²) in [5.74, 6) is 2.06. The zero-order valence-electron chi connectivity index (χ0n) is 13.0. The molecule has 0 saturated heterocycles. The Kier molecular flexibility index (Phi) is 7.10. The quantitative estimate of drug-likeness (QED) is 0.449. The van der Waals surface area contributed by atoms with Crippen LogP contribution in [0.4, 0.5) is 5.69 Å². The van der Waals surface area contributed by atoms with Crippen molar-refractivity contribution in [2.24, 2.45) is 0 Å². The molecule has 2 rings (SSSR count). The van der Waals surface area contributed by atoms with Crippen molar-refractivity contribution in [2.75, 3.05) is 17.6 Å². The summed E-state index contributed by atoms with van der Waals surface area (Å²) >= 11 is 7.14. The molecule has 2 aromatic carbocycles. The molecular weight excluding hydrogens is 324 g/mol. The molecule has 2 N–H and O–H groups in total. The van der Waals surface area contributed by atoms with Gasteiger partial charge >= 0.3 is 0 Å². The molecule has 0 heterocycles. The zero-order valence-corrected chi connectivity index (χ0v) is 14.7. The monoisotopic (exact) mass is 344 g/mol. The Balaban J connectivity index is 1.64. The molecule has 0 aliphatic carbocycles. The largest absolute Gasteiger partial charge is 0.362 e. The Morgan fingerprint density at radius 1 is 1.09 bits per heavy atom. The molecule has 23 heavy (non-hydrogen) atoms. The normalized spacial score (nSPS) is 10.1. The predicted octanol–water partition coefficient (Wildman–Crippen LogP) is 4.11. The van der Waals surface area contributed by atoms with Crippen LogP contribution in [0, 0.1) is 0 Å². The van der Waals surface area contributed by atoms with Crippen LogP contribution in [0.2, 0.25) is 0 Å². The number of Topliss-reactive ketones (excluding diaryl/α,β-unsaturated/α-hetero) is 1. The second-order valence-corrected chi connectivity index (χ2v) is 6.57. The summed E-state index contributed by atoms with van der Waals surface area (Å²) in [6.07, 6.45) is 0. The van der Waals surface area contributed by atoms with Gasteiger partial charge in [-0.3, -0.25) is 4.79 Å². The maximum atomic E-state index is 11.2. The number of carbonyl (C=O) groups excluding carboxylic acids is 1. The molecule has 0 radical (unpaired) electrons. The molecule has 3 nitrogen and oxygen atoms in total. The highest BCUT2D eigenvalue weighted by atomic mass is 32.2. The van der Waals surface area contributed by atoms with Gasteiger partial charge in [0.25, 0.3) is 0 Å². The predicted molar refractivity (Wildman–Crippen MR) is 103 cm³/mol. The number of nitrogens with one attached hydrogen (secondary N) is 2. The molecule has 0 atom stereocenters. The molecule has 0 aliphatic rings. The van der Waals surface area contributed by atoms with Crippen molar-refractivity contribution < 1.29 is 4.79 Å². The lowest BCUT2D eigenvalue weighted by Gasteiger charge is -2.10. The molecule has 0 spiro atoms. The number of rotatable bonds is 7. The Morgan fingerprint density at radius 3 is 2.43 bits per heavy atom. The summed E-state index contributed by atoms with van der Waals surface area (Å²) < 4.78 is 0. The maximum Gasteiger partial charge on any atom is 0.170 e. The summed E-state index contributed by atoms with van der Waals surface area (Å²) in [5.41, 5.74) is 2.92. The molecule has 0 aliphatic heterocycles. The topological polar surface area (TPSA) is 41.1 Å². The van der Waals surface area contributed by atoms with Gasteiger partial charge in [0, 0.05) is 29.3 Å². The molecule has 0 amide bonds. The minimum absolute atomic E-state index is 0.0627. The van der Waals surface area contributed by atoms with Gasteiger partial charge in [-0.1, -0.05) is 30.3 Å². The van der Waals surface area contributed by atoms with E-state index in [0.29, 0.717) is 10.7 Å². The molecule has 0 saturated carbocycles. The minimum atomic E-state index is 0.0627. The van der Waals surface area contributed by atoms with Crippen LogP contribution in [-0.4, -0.2) is 23.2 Å².